The van der Waals surface area contributed by atoms with Crippen LogP contribution >= 0.6 is 0 Å². The van der Waals surface area contributed by atoms with E-state index in [1.54, 1.807) is 23.1 Å². The van der Waals surface area contributed by atoms with Crippen LogP contribution in [0.3, 0.4) is 0 Å². The maximum atomic E-state index is 12.4. The average molecular weight is 352 g/mol. The number of carbonyl (C=O) groups excluding carboxylic acids is 2. The van der Waals surface area contributed by atoms with Gasteiger partial charge in [0.15, 0.2) is 0 Å². The van der Waals surface area contributed by atoms with Gasteiger partial charge in [0.05, 0.1) is 5.92 Å². The lowest BCUT2D eigenvalue weighted by Gasteiger charge is -2.20. The molecule has 5 nitrogen and oxygen atoms in total. The molecule has 0 bridgehead atoms. The van der Waals surface area contributed by atoms with Crippen LogP contribution in [0.4, 0.5) is 5.69 Å². The zero-order chi connectivity index (χ0) is 18.7. The minimum Gasteiger partial charge on any atom is -0.508 e. The molecule has 1 heterocycles. The summed E-state index contributed by atoms with van der Waals surface area (Å²) in [7, 11) is 0. The number of nitrogens with zero attached hydrogens (tertiary/aromatic N) is 1. The number of aromatic hydroxyl groups is 1. The fourth-order valence-corrected chi connectivity index (χ4v) is 3.33. The Balaban J connectivity index is 1.58. The van der Waals surface area contributed by atoms with Crippen LogP contribution in [0.15, 0.2) is 42.5 Å². The highest BCUT2D eigenvalue weighted by Gasteiger charge is 2.35. The van der Waals surface area contributed by atoms with Crippen LogP contribution in [0.2, 0.25) is 0 Å². The van der Waals surface area contributed by atoms with Crippen molar-refractivity contribution in [1.29, 1.82) is 0 Å². The highest BCUT2D eigenvalue weighted by atomic mass is 16.3. The molecule has 1 aliphatic heterocycles. The van der Waals surface area contributed by atoms with E-state index >= 15 is 0 Å². The first kappa shape index (κ1) is 18.0. The van der Waals surface area contributed by atoms with Crippen molar-refractivity contribution in [2.75, 3.05) is 18.0 Å². The summed E-state index contributed by atoms with van der Waals surface area (Å²) in [5.41, 5.74) is 4.06. The van der Waals surface area contributed by atoms with Gasteiger partial charge in [-0.05, 0) is 55.2 Å². The first-order valence-electron chi connectivity index (χ1n) is 8.88. The van der Waals surface area contributed by atoms with E-state index in [0.717, 1.165) is 22.4 Å². The van der Waals surface area contributed by atoms with Crippen molar-refractivity contribution in [3.63, 3.8) is 0 Å². The summed E-state index contributed by atoms with van der Waals surface area (Å²) in [5.74, 6) is -0.205. The maximum absolute atomic E-state index is 12.4. The van der Waals surface area contributed by atoms with E-state index in [1.165, 1.54) is 0 Å². The summed E-state index contributed by atoms with van der Waals surface area (Å²) in [5, 5.41) is 12.4. The Morgan fingerprint density at radius 3 is 2.77 bits per heavy atom. The summed E-state index contributed by atoms with van der Waals surface area (Å²) in [4.78, 5) is 26.6. The molecule has 0 spiro atoms. The molecule has 1 aliphatic rings. The van der Waals surface area contributed by atoms with Gasteiger partial charge in [-0.15, -0.1) is 0 Å². The van der Waals surface area contributed by atoms with Crippen LogP contribution in [-0.2, 0) is 16.0 Å². The molecule has 5 heteroatoms. The molecule has 136 valence electrons. The second-order valence-electron chi connectivity index (χ2n) is 6.84. The Morgan fingerprint density at radius 1 is 1.23 bits per heavy atom. The van der Waals surface area contributed by atoms with E-state index < -0.39 is 0 Å². The minimum atomic E-state index is -0.327. The lowest BCUT2D eigenvalue weighted by molar-refractivity contribution is -0.126. The van der Waals surface area contributed by atoms with Crippen LogP contribution in [-0.4, -0.2) is 30.0 Å². The van der Waals surface area contributed by atoms with Crippen LogP contribution in [0.5, 0.6) is 5.75 Å². The molecule has 1 unspecified atom stereocenters. The van der Waals surface area contributed by atoms with E-state index in [4.69, 9.17) is 0 Å². The summed E-state index contributed by atoms with van der Waals surface area (Å²) in [6.07, 6.45) is 0.882. The van der Waals surface area contributed by atoms with Gasteiger partial charge in [0, 0.05) is 25.2 Å². The summed E-state index contributed by atoms with van der Waals surface area (Å²) in [6, 6.07) is 12.9. The summed E-state index contributed by atoms with van der Waals surface area (Å²) < 4.78 is 0. The number of nitrogens with one attached hydrogen (secondary N) is 1. The van der Waals surface area contributed by atoms with Crippen molar-refractivity contribution >= 4 is 17.5 Å². The van der Waals surface area contributed by atoms with Crippen molar-refractivity contribution < 1.29 is 14.7 Å². The summed E-state index contributed by atoms with van der Waals surface area (Å²) in [6.45, 7) is 4.92. The Morgan fingerprint density at radius 2 is 2.00 bits per heavy atom. The van der Waals surface area contributed by atoms with Gasteiger partial charge >= 0.3 is 0 Å². The van der Waals surface area contributed by atoms with Gasteiger partial charge in [0.25, 0.3) is 0 Å². The van der Waals surface area contributed by atoms with Crippen molar-refractivity contribution in [3.8, 4) is 5.75 Å². The van der Waals surface area contributed by atoms with Crippen LogP contribution in [0.1, 0.15) is 23.1 Å². The van der Waals surface area contributed by atoms with E-state index in [9.17, 15) is 14.7 Å². The van der Waals surface area contributed by atoms with Crippen molar-refractivity contribution in [2.45, 2.75) is 26.7 Å². The zero-order valence-corrected chi connectivity index (χ0v) is 15.2. The topological polar surface area (TPSA) is 69.6 Å². The molecule has 2 N–H and O–H groups in total. The molecule has 1 atom stereocenters. The van der Waals surface area contributed by atoms with Gasteiger partial charge in [0.1, 0.15) is 5.75 Å². The number of anilines is 1. The zero-order valence-electron chi connectivity index (χ0n) is 15.2. The largest absolute Gasteiger partial charge is 0.508 e. The van der Waals surface area contributed by atoms with Gasteiger partial charge in [-0.25, -0.2) is 0 Å². The lowest BCUT2D eigenvalue weighted by Crippen LogP contribution is -2.34. The highest BCUT2D eigenvalue weighted by molar-refractivity contribution is 6.00. The molecular weight excluding hydrogens is 328 g/mol. The Hall–Kier alpha value is -2.82. The monoisotopic (exact) mass is 352 g/mol. The minimum absolute atomic E-state index is 0.00756. The standard InChI is InChI=1S/C21H24N2O3/c1-14-5-3-8-19(15(14)2)23-13-17(12-20(23)25)21(26)22-10-9-16-6-4-7-18(24)11-16/h3-8,11,17,24H,9-10,12-13H2,1-2H3,(H,22,26). The van der Waals surface area contributed by atoms with E-state index in [2.05, 4.69) is 5.32 Å². The number of phenolic OH excluding ortho intramolecular Hbond substituents is 1. The summed E-state index contributed by atoms with van der Waals surface area (Å²) >= 11 is 0. The molecule has 2 aromatic carbocycles. The first-order chi connectivity index (χ1) is 12.5. The second kappa shape index (κ2) is 7.60. The van der Waals surface area contributed by atoms with Gasteiger partial charge in [-0.3, -0.25) is 9.59 Å². The molecule has 0 aliphatic carbocycles. The molecule has 1 fully saturated rings. The van der Waals surface area contributed by atoms with Crippen LogP contribution in [0.25, 0.3) is 0 Å². The number of hydrogen-bond acceptors (Lipinski definition) is 3. The molecule has 3 rings (SSSR count). The number of aryl methyl sites for hydroxylation is 1. The van der Waals surface area contributed by atoms with Gasteiger partial charge in [0.2, 0.25) is 11.8 Å². The SMILES string of the molecule is Cc1cccc(N2CC(C(=O)NCCc3cccc(O)c3)CC2=O)c1C. The Bertz CT molecular complexity index is 832. The van der Waals surface area contributed by atoms with Gasteiger partial charge in [-0.2, -0.15) is 0 Å². The van der Waals surface area contributed by atoms with Crippen LogP contribution < -0.4 is 10.2 Å². The van der Waals surface area contributed by atoms with Gasteiger partial charge in [-0.1, -0.05) is 24.3 Å². The number of rotatable bonds is 5. The second-order valence-corrected chi connectivity index (χ2v) is 6.84. The normalized spacial score (nSPS) is 16.8. The molecule has 0 aromatic heterocycles. The van der Waals surface area contributed by atoms with Crippen molar-refractivity contribution in [1.82, 2.24) is 5.32 Å². The fourth-order valence-electron chi connectivity index (χ4n) is 3.33. The quantitative estimate of drug-likeness (QED) is 0.869. The van der Waals surface area contributed by atoms with E-state index in [-0.39, 0.29) is 29.9 Å². The first-order valence-corrected chi connectivity index (χ1v) is 8.88. The third-order valence-electron chi connectivity index (χ3n) is 4.99. The predicted molar refractivity (Wildman–Crippen MR) is 101 cm³/mol. The van der Waals surface area contributed by atoms with E-state index in [1.807, 2.05) is 38.1 Å². The lowest BCUT2D eigenvalue weighted by atomic mass is 10.1. The average Bonchev–Trinajstić information content (AvgIpc) is 2.99. The molecule has 1 saturated heterocycles. The van der Waals surface area contributed by atoms with E-state index in [0.29, 0.717) is 19.5 Å². The number of benzene rings is 2. The number of phenols is 1. The smallest absolute Gasteiger partial charge is 0.227 e. The number of carbonyl (C=O) groups is 2. The highest BCUT2D eigenvalue weighted by Crippen LogP contribution is 2.29. The number of amides is 2. The van der Waals surface area contributed by atoms with Crippen molar-refractivity contribution in [2.24, 2.45) is 5.92 Å². The number of hydrogen-bond donors (Lipinski definition) is 2. The van der Waals surface area contributed by atoms with Crippen molar-refractivity contribution in [3.05, 3.63) is 59.2 Å². The molecule has 2 amide bonds. The Kier molecular flexibility index (Phi) is 5.26. The molecule has 2 aromatic rings. The molecule has 26 heavy (non-hydrogen) atoms. The third kappa shape index (κ3) is 3.87. The third-order valence-corrected chi connectivity index (χ3v) is 4.99. The fraction of sp³-hybridized carbons (Fsp3) is 0.333. The van der Waals surface area contributed by atoms with Crippen LogP contribution in [0, 0.1) is 19.8 Å². The maximum Gasteiger partial charge on any atom is 0.227 e. The molecule has 0 saturated carbocycles. The molecule has 0 radical (unpaired) electrons. The van der Waals surface area contributed by atoms with Gasteiger partial charge < -0.3 is 15.3 Å². The molecular formula is C21H24N2O3. The Labute approximate surface area is 153 Å². The predicted octanol–water partition coefficient (Wildman–Crippen LogP) is 2.72.